The summed E-state index contributed by atoms with van der Waals surface area (Å²) in [6, 6.07) is 12.0. The van der Waals surface area contributed by atoms with Crippen molar-refractivity contribution in [2.75, 3.05) is 18.6 Å². The number of hydrazone groups is 1. The molecule has 2 aromatic rings. The molecule has 32 heavy (non-hydrogen) atoms. The fourth-order valence-corrected chi connectivity index (χ4v) is 4.76. The highest BCUT2D eigenvalue weighted by molar-refractivity contribution is 5.86. The first-order chi connectivity index (χ1) is 15.1. The minimum Gasteiger partial charge on any atom is -0.497 e. The molecule has 0 aliphatic carbocycles. The van der Waals surface area contributed by atoms with Crippen molar-refractivity contribution in [2.45, 2.75) is 65.5 Å². The lowest BCUT2D eigenvalue weighted by Gasteiger charge is -2.50. The zero-order valence-electron chi connectivity index (χ0n) is 20.2. The van der Waals surface area contributed by atoms with Crippen LogP contribution in [0.2, 0.25) is 0 Å². The molecule has 0 saturated heterocycles. The van der Waals surface area contributed by atoms with Crippen LogP contribution in [0.15, 0.2) is 41.5 Å². The Kier molecular flexibility index (Phi) is 7.12. The van der Waals surface area contributed by atoms with Gasteiger partial charge in [-0.3, -0.25) is 4.79 Å². The van der Waals surface area contributed by atoms with E-state index in [0.717, 1.165) is 23.3 Å². The van der Waals surface area contributed by atoms with E-state index in [2.05, 4.69) is 69.1 Å². The van der Waals surface area contributed by atoms with E-state index in [0.29, 0.717) is 17.7 Å². The minimum atomic E-state index is -0.311. The number of carbonyl (C=O) groups excluding carboxylic acids is 1. The predicted octanol–water partition coefficient (Wildman–Crippen LogP) is 5.03. The van der Waals surface area contributed by atoms with Crippen LogP contribution < -0.4 is 19.8 Å². The first-order valence-corrected chi connectivity index (χ1v) is 11.1. The number of carbonyl (C=O) groups is 1. The molecule has 0 radical (unpaired) electrons. The number of amides is 1. The maximum absolute atomic E-state index is 12.1. The molecule has 2 aromatic carbocycles. The first-order valence-electron chi connectivity index (χ1n) is 11.1. The van der Waals surface area contributed by atoms with E-state index in [9.17, 15) is 4.79 Å². The molecule has 1 amide bonds. The Labute approximate surface area is 191 Å². The number of hydrogen-bond donors (Lipinski definition) is 1. The third kappa shape index (κ3) is 5.23. The largest absolute Gasteiger partial charge is 0.497 e. The fourth-order valence-electron chi connectivity index (χ4n) is 4.76. The van der Waals surface area contributed by atoms with Crippen LogP contribution in [0.5, 0.6) is 11.5 Å². The predicted molar refractivity (Wildman–Crippen MR) is 130 cm³/mol. The molecule has 0 spiro atoms. The van der Waals surface area contributed by atoms with Gasteiger partial charge in [0, 0.05) is 17.3 Å². The Bertz CT molecular complexity index is 981. The van der Waals surface area contributed by atoms with Gasteiger partial charge in [-0.15, -0.1) is 0 Å². The van der Waals surface area contributed by atoms with Crippen molar-refractivity contribution in [3.05, 3.63) is 53.1 Å². The van der Waals surface area contributed by atoms with Gasteiger partial charge in [-0.25, -0.2) is 5.43 Å². The highest BCUT2D eigenvalue weighted by Gasteiger charge is 2.37. The van der Waals surface area contributed by atoms with Gasteiger partial charge in [-0.1, -0.05) is 6.92 Å². The maximum atomic E-state index is 12.1. The summed E-state index contributed by atoms with van der Waals surface area (Å²) >= 11 is 0. The molecule has 0 saturated carbocycles. The third-order valence-electron chi connectivity index (χ3n) is 6.00. The van der Waals surface area contributed by atoms with Gasteiger partial charge in [-0.2, -0.15) is 5.10 Å². The second kappa shape index (κ2) is 9.63. The van der Waals surface area contributed by atoms with Crippen molar-refractivity contribution in [1.82, 2.24) is 5.43 Å². The van der Waals surface area contributed by atoms with E-state index in [4.69, 9.17) is 9.47 Å². The number of rotatable bonds is 7. The summed E-state index contributed by atoms with van der Waals surface area (Å²) in [7, 11) is 1.60. The van der Waals surface area contributed by atoms with E-state index in [1.54, 1.807) is 37.6 Å². The molecule has 6 nitrogen and oxygen atoms in total. The first kappa shape index (κ1) is 23.6. The summed E-state index contributed by atoms with van der Waals surface area (Å²) in [5.74, 6) is 1.48. The lowest BCUT2D eigenvalue weighted by Crippen LogP contribution is -2.51. The standard InChI is InChI=1S/C26H35N3O3/c1-17(2)29-24-12-18(3)20(13-23(24)19(4)14-26(29,5)6)15-27-28-25(30)16-32-22-10-8-21(31-7)9-11-22/h8-13,15,17,19H,14,16H2,1-7H3,(H,28,30)/b27-15+/t19-/m1/s1. The summed E-state index contributed by atoms with van der Waals surface area (Å²) in [5.41, 5.74) is 7.44. The average Bonchev–Trinajstić information content (AvgIpc) is 2.72. The second-order valence-electron chi connectivity index (χ2n) is 9.41. The molecule has 0 aromatic heterocycles. The van der Waals surface area contributed by atoms with E-state index in [1.807, 2.05) is 0 Å². The Morgan fingerprint density at radius 2 is 1.91 bits per heavy atom. The normalized spacial score (nSPS) is 17.4. The summed E-state index contributed by atoms with van der Waals surface area (Å²) in [6.45, 7) is 13.4. The summed E-state index contributed by atoms with van der Waals surface area (Å²) in [6.07, 6.45) is 2.81. The Morgan fingerprint density at radius 1 is 1.25 bits per heavy atom. The van der Waals surface area contributed by atoms with Crippen molar-refractivity contribution in [3.8, 4) is 11.5 Å². The van der Waals surface area contributed by atoms with Crippen molar-refractivity contribution in [2.24, 2.45) is 5.10 Å². The number of hydrogen-bond acceptors (Lipinski definition) is 5. The zero-order chi connectivity index (χ0) is 23.5. The quantitative estimate of drug-likeness (QED) is 0.487. The molecule has 0 fully saturated rings. The lowest BCUT2D eigenvalue weighted by atomic mass is 9.78. The molecule has 1 N–H and O–H groups in total. The molecule has 172 valence electrons. The fraction of sp³-hybridized carbons (Fsp3) is 0.462. The molecule has 6 heteroatoms. The van der Waals surface area contributed by atoms with Crippen LogP contribution in [0.1, 0.15) is 63.6 Å². The lowest BCUT2D eigenvalue weighted by molar-refractivity contribution is -0.123. The number of nitrogens with zero attached hydrogens (tertiary/aromatic N) is 2. The van der Waals surface area contributed by atoms with Gasteiger partial charge in [0.1, 0.15) is 11.5 Å². The van der Waals surface area contributed by atoms with Crippen LogP contribution in [-0.2, 0) is 4.79 Å². The molecule has 0 bridgehead atoms. The Hall–Kier alpha value is -3.02. The molecule has 0 unspecified atom stereocenters. The Morgan fingerprint density at radius 3 is 2.53 bits per heavy atom. The summed E-state index contributed by atoms with van der Waals surface area (Å²) in [4.78, 5) is 14.6. The minimum absolute atomic E-state index is 0.109. The molecule has 1 heterocycles. The van der Waals surface area contributed by atoms with Crippen LogP contribution in [0.4, 0.5) is 5.69 Å². The van der Waals surface area contributed by atoms with E-state index in [-0.39, 0.29) is 18.1 Å². The van der Waals surface area contributed by atoms with E-state index >= 15 is 0 Å². The number of ether oxygens (including phenoxy) is 2. The molecular formula is C26H35N3O3. The molecule has 1 aliphatic rings. The van der Waals surface area contributed by atoms with E-state index < -0.39 is 0 Å². The SMILES string of the molecule is COc1ccc(OCC(=O)N/N=C/c2cc3c(cc2C)N(C(C)C)C(C)(C)C[C@H]3C)cc1. The molecule has 1 atom stereocenters. The van der Waals surface area contributed by atoms with Crippen LogP contribution >= 0.6 is 0 Å². The second-order valence-corrected chi connectivity index (χ2v) is 9.41. The monoisotopic (exact) mass is 437 g/mol. The smallest absolute Gasteiger partial charge is 0.277 e. The van der Waals surface area contributed by atoms with E-state index in [1.165, 1.54) is 11.3 Å². The van der Waals surface area contributed by atoms with Gasteiger partial charge >= 0.3 is 0 Å². The number of nitrogens with one attached hydrogen (secondary N) is 1. The van der Waals surface area contributed by atoms with Crippen LogP contribution in [-0.4, -0.2) is 37.4 Å². The van der Waals surface area contributed by atoms with Gasteiger partial charge in [0.2, 0.25) is 0 Å². The van der Waals surface area contributed by atoms with Crippen LogP contribution in [0.3, 0.4) is 0 Å². The highest BCUT2D eigenvalue weighted by atomic mass is 16.5. The van der Waals surface area contributed by atoms with Crippen molar-refractivity contribution in [1.29, 1.82) is 0 Å². The van der Waals surface area contributed by atoms with Gasteiger partial charge in [-0.05, 0) is 100 Å². The molecule has 3 rings (SSSR count). The van der Waals surface area contributed by atoms with Crippen molar-refractivity contribution in [3.63, 3.8) is 0 Å². The maximum Gasteiger partial charge on any atom is 0.277 e. The molecule has 1 aliphatic heterocycles. The van der Waals surface area contributed by atoms with Gasteiger partial charge in [0.05, 0.1) is 13.3 Å². The van der Waals surface area contributed by atoms with Crippen LogP contribution in [0, 0.1) is 6.92 Å². The number of methoxy groups -OCH3 is 1. The summed E-state index contributed by atoms with van der Waals surface area (Å²) < 4.78 is 10.6. The van der Waals surface area contributed by atoms with Gasteiger partial charge in [0.25, 0.3) is 5.91 Å². The Balaban J connectivity index is 1.67. The third-order valence-corrected chi connectivity index (χ3v) is 6.00. The highest BCUT2D eigenvalue weighted by Crippen LogP contribution is 2.45. The number of fused-ring (bicyclic) bond motifs is 1. The topological polar surface area (TPSA) is 63.2 Å². The van der Waals surface area contributed by atoms with Crippen LogP contribution in [0.25, 0.3) is 0 Å². The van der Waals surface area contributed by atoms with Gasteiger partial charge in [0.15, 0.2) is 6.61 Å². The zero-order valence-corrected chi connectivity index (χ0v) is 20.2. The van der Waals surface area contributed by atoms with Crippen molar-refractivity contribution >= 4 is 17.8 Å². The van der Waals surface area contributed by atoms with Gasteiger partial charge < -0.3 is 14.4 Å². The summed E-state index contributed by atoms with van der Waals surface area (Å²) in [5, 5.41) is 4.16. The number of aryl methyl sites for hydroxylation is 1. The molecular weight excluding hydrogens is 402 g/mol. The van der Waals surface area contributed by atoms with Crippen molar-refractivity contribution < 1.29 is 14.3 Å². The average molecular weight is 438 g/mol. The number of anilines is 1. The number of benzene rings is 2.